The first-order valence-corrected chi connectivity index (χ1v) is 12.9. The molecule has 7 heteroatoms. The SMILES string of the molecule is CC(C)=CCCC(C)=CCOc1cccc2oc(=O)c(OC(=O)c3ccccc3)c(OC(=O)c3ccccc3)c12. The minimum Gasteiger partial charge on any atom is -0.489 e. The van der Waals surface area contributed by atoms with E-state index >= 15 is 0 Å². The van der Waals surface area contributed by atoms with Gasteiger partial charge in [-0.15, -0.1) is 0 Å². The van der Waals surface area contributed by atoms with Crippen LogP contribution in [0.3, 0.4) is 0 Å². The fraction of sp³-hybridized carbons (Fsp3) is 0.182. The Hall–Kier alpha value is -4.91. The Bertz CT molecular complexity index is 1610. The van der Waals surface area contributed by atoms with Crippen molar-refractivity contribution in [2.24, 2.45) is 0 Å². The smallest absolute Gasteiger partial charge is 0.383 e. The maximum atomic E-state index is 13.1. The van der Waals surface area contributed by atoms with Gasteiger partial charge in [0.15, 0.2) is 5.75 Å². The third-order valence-corrected chi connectivity index (χ3v) is 5.98. The Morgan fingerprint density at radius 1 is 0.750 bits per heavy atom. The molecule has 0 N–H and O–H groups in total. The fourth-order valence-electron chi connectivity index (χ4n) is 3.89. The Morgan fingerprint density at radius 2 is 1.35 bits per heavy atom. The lowest BCUT2D eigenvalue weighted by Gasteiger charge is -2.14. The maximum Gasteiger partial charge on any atom is 0.383 e. The lowest BCUT2D eigenvalue weighted by atomic mass is 10.1. The van der Waals surface area contributed by atoms with Gasteiger partial charge in [0.25, 0.3) is 5.75 Å². The molecule has 1 aromatic heterocycles. The summed E-state index contributed by atoms with van der Waals surface area (Å²) in [5.41, 5.74) is 2.01. The average Bonchev–Trinajstić information content (AvgIpc) is 2.95. The fourth-order valence-corrected chi connectivity index (χ4v) is 3.89. The summed E-state index contributed by atoms with van der Waals surface area (Å²) in [5, 5.41) is 0.192. The van der Waals surface area contributed by atoms with Crippen LogP contribution in [0.4, 0.5) is 0 Å². The van der Waals surface area contributed by atoms with Gasteiger partial charge in [0.2, 0.25) is 0 Å². The largest absolute Gasteiger partial charge is 0.489 e. The molecule has 7 nitrogen and oxygen atoms in total. The van der Waals surface area contributed by atoms with Crippen molar-refractivity contribution in [3.05, 3.63) is 124 Å². The topological polar surface area (TPSA) is 92.0 Å². The van der Waals surface area contributed by atoms with E-state index in [-0.39, 0.29) is 34.5 Å². The molecule has 1 heterocycles. The van der Waals surface area contributed by atoms with Gasteiger partial charge in [0, 0.05) is 0 Å². The van der Waals surface area contributed by atoms with Crippen molar-refractivity contribution in [2.75, 3.05) is 6.61 Å². The van der Waals surface area contributed by atoms with Crippen LogP contribution in [0.1, 0.15) is 54.3 Å². The Kier molecular flexibility index (Phi) is 9.31. The highest BCUT2D eigenvalue weighted by Gasteiger charge is 2.26. The van der Waals surface area contributed by atoms with Crippen LogP contribution >= 0.6 is 0 Å². The predicted molar refractivity (Wildman–Crippen MR) is 153 cm³/mol. The van der Waals surface area contributed by atoms with E-state index in [1.807, 2.05) is 13.0 Å². The third-order valence-electron chi connectivity index (χ3n) is 5.98. The zero-order valence-corrected chi connectivity index (χ0v) is 22.6. The maximum absolute atomic E-state index is 13.1. The number of fused-ring (bicyclic) bond motifs is 1. The predicted octanol–water partition coefficient (Wildman–Crippen LogP) is 7.30. The van der Waals surface area contributed by atoms with Gasteiger partial charge in [0.05, 0.1) is 11.1 Å². The quantitative estimate of drug-likeness (QED) is 0.119. The molecule has 0 fully saturated rings. The van der Waals surface area contributed by atoms with E-state index in [4.69, 9.17) is 18.6 Å². The summed E-state index contributed by atoms with van der Waals surface area (Å²) < 4.78 is 22.7. The van der Waals surface area contributed by atoms with Crippen molar-refractivity contribution >= 4 is 22.9 Å². The van der Waals surface area contributed by atoms with E-state index in [1.165, 1.54) is 5.57 Å². The number of carbonyl (C=O) groups is 2. The van der Waals surface area contributed by atoms with Gasteiger partial charge in [-0.05, 0) is 76.1 Å². The van der Waals surface area contributed by atoms with E-state index in [1.54, 1.807) is 78.9 Å². The number of esters is 2. The summed E-state index contributed by atoms with van der Waals surface area (Å²) in [7, 11) is 0. The van der Waals surface area contributed by atoms with E-state index in [2.05, 4.69) is 19.9 Å². The standard InChI is InChI=1S/C33H30O7/c1-22(2)12-10-13-23(3)20-21-37-26-18-11-19-27-28(26)29(39-31(34)24-14-6-4-7-15-24)30(33(36)38-27)40-32(35)25-16-8-5-9-17-25/h4-9,11-12,14-20H,10,13,21H2,1-3H3. The minimum absolute atomic E-state index is 0.113. The summed E-state index contributed by atoms with van der Waals surface area (Å²) in [4.78, 5) is 39.0. The number of carbonyl (C=O) groups excluding carboxylic acids is 2. The molecule has 0 unspecified atom stereocenters. The highest BCUT2D eigenvalue weighted by Crippen LogP contribution is 2.39. The number of hydrogen-bond donors (Lipinski definition) is 0. The molecule has 0 bridgehead atoms. The molecule has 0 saturated carbocycles. The average molecular weight is 539 g/mol. The zero-order valence-electron chi connectivity index (χ0n) is 22.6. The summed E-state index contributed by atoms with van der Waals surface area (Å²) in [6.07, 6.45) is 5.96. The molecule has 3 aromatic carbocycles. The molecule has 0 saturated heterocycles. The second-order valence-corrected chi connectivity index (χ2v) is 9.37. The molecule has 0 aliphatic rings. The van der Waals surface area contributed by atoms with Gasteiger partial charge in [-0.2, -0.15) is 0 Å². The first-order chi connectivity index (χ1) is 19.3. The van der Waals surface area contributed by atoms with Crippen LogP contribution in [0.15, 0.2) is 111 Å². The van der Waals surface area contributed by atoms with E-state index in [0.717, 1.165) is 18.4 Å². The zero-order chi connectivity index (χ0) is 28.5. The Labute approximate surface area is 232 Å². The molecule has 204 valence electrons. The van der Waals surface area contributed by atoms with Gasteiger partial charge < -0.3 is 18.6 Å². The number of rotatable bonds is 10. The monoisotopic (exact) mass is 538 g/mol. The second kappa shape index (κ2) is 13.2. The summed E-state index contributed by atoms with van der Waals surface area (Å²) >= 11 is 0. The first kappa shape index (κ1) is 28.1. The van der Waals surface area contributed by atoms with Crippen LogP contribution in [-0.4, -0.2) is 18.5 Å². The molecule has 0 aliphatic carbocycles. The van der Waals surface area contributed by atoms with E-state index in [0.29, 0.717) is 5.75 Å². The first-order valence-electron chi connectivity index (χ1n) is 12.9. The molecular weight excluding hydrogens is 508 g/mol. The van der Waals surface area contributed by atoms with Crippen LogP contribution in [-0.2, 0) is 0 Å². The Balaban J connectivity index is 1.74. The van der Waals surface area contributed by atoms with Gasteiger partial charge in [-0.1, -0.05) is 59.7 Å². The number of ether oxygens (including phenoxy) is 3. The molecule has 4 aromatic rings. The number of allylic oxidation sites excluding steroid dienone is 3. The molecular formula is C33H30O7. The third kappa shape index (κ3) is 7.14. The molecule has 0 radical (unpaired) electrons. The number of benzene rings is 3. The molecule has 0 amide bonds. The van der Waals surface area contributed by atoms with Crippen molar-refractivity contribution in [1.29, 1.82) is 0 Å². The molecule has 0 aliphatic heterocycles. The lowest BCUT2D eigenvalue weighted by molar-refractivity contribution is 0.0678. The molecule has 0 spiro atoms. The normalized spacial score (nSPS) is 11.1. The van der Waals surface area contributed by atoms with Crippen molar-refractivity contribution < 1.29 is 28.2 Å². The number of hydrogen-bond acceptors (Lipinski definition) is 7. The molecule has 0 atom stereocenters. The van der Waals surface area contributed by atoms with Crippen molar-refractivity contribution in [2.45, 2.75) is 33.6 Å². The van der Waals surface area contributed by atoms with Crippen molar-refractivity contribution in [1.82, 2.24) is 0 Å². The highest BCUT2D eigenvalue weighted by atomic mass is 16.6. The second-order valence-electron chi connectivity index (χ2n) is 9.37. The van der Waals surface area contributed by atoms with Gasteiger partial charge >= 0.3 is 17.6 Å². The van der Waals surface area contributed by atoms with Crippen LogP contribution in [0.25, 0.3) is 11.0 Å². The van der Waals surface area contributed by atoms with Gasteiger partial charge in [-0.25, -0.2) is 14.4 Å². The lowest BCUT2D eigenvalue weighted by Crippen LogP contribution is -2.18. The molecule has 4 rings (SSSR count). The van der Waals surface area contributed by atoms with Crippen LogP contribution in [0.5, 0.6) is 17.2 Å². The Morgan fingerprint density at radius 3 is 1.95 bits per heavy atom. The highest BCUT2D eigenvalue weighted by molar-refractivity contribution is 5.99. The summed E-state index contributed by atoms with van der Waals surface area (Å²) in [5.74, 6) is -2.06. The summed E-state index contributed by atoms with van der Waals surface area (Å²) in [6.45, 7) is 6.38. The van der Waals surface area contributed by atoms with Crippen molar-refractivity contribution in [3.63, 3.8) is 0 Å². The molecule has 40 heavy (non-hydrogen) atoms. The van der Waals surface area contributed by atoms with Gasteiger partial charge in [0.1, 0.15) is 23.3 Å². The minimum atomic E-state index is -0.972. The van der Waals surface area contributed by atoms with Crippen LogP contribution < -0.4 is 19.8 Å². The van der Waals surface area contributed by atoms with Crippen LogP contribution in [0.2, 0.25) is 0 Å². The van der Waals surface area contributed by atoms with E-state index in [9.17, 15) is 14.4 Å². The van der Waals surface area contributed by atoms with Crippen molar-refractivity contribution in [3.8, 4) is 17.2 Å². The van der Waals surface area contributed by atoms with Gasteiger partial charge in [-0.3, -0.25) is 0 Å². The van der Waals surface area contributed by atoms with E-state index < -0.39 is 23.3 Å². The summed E-state index contributed by atoms with van der Waals surface area (Å²) in [6, 6.07) is 21.3. The van der Waals surface area contributed by atoms with Crippen LogP contribution in [0, 0.1) is 0 Å².